The molecule has 1 atom stereocenters. The van der Waals surface area contributed by atoms with Gasteiger partial charge in [0.15, 0.2) is 0 Å². The standard InChI is InChI=1S/C7H17NO6S/c1-6(2-15(12,13)14)8-7(3-9,4-10)5-11/h6,8-11H,2-5H2,1H3,(H,12,13,14)/t6-/m1/s1. The van der Waals surface area contributed by atoms with Crippen molar-refractivity contribution in [3.63, 3.8) is 0 Å². The minimum atomic E-state index is -4.13. The van der Waals surface area contributed by atoms with Gasteiger partial charge in [-0.15, -0.1) is 0 Å². The summed E-state index contributed by atoms with van der Waals surface area (Å²) < 4.78 is 29.6. The molecule has 0 saturated heterocycles. The monoisotopic (exact) mass is 243 g/mol. The average molecular weight is 243 g/mol. The summed E-state index contributed by atoms with van der Waals surface area (Å²) >= 11 is 0. The van der Waals surface area contributed by atoms with Crippen molar-refractivity contribution < 1.29 is 28.3 Å². The van der Waals surface area contributed by atoms with Crippen LogP contribution in [0.15, 0.2) is 0 Å². The molecule has 0 aromatic rings. The quantitative estimate of drug-likeness (QED) is 0.314. The lowest BCUT2D eigenvalue weighted by Gasteiger charge is -2.31. The van der Waals surface area contributed by atoms with Crippen LogP contribution in [0.3, 0.4) is 0 Å². The maximum Gasteiger partial charge on any atom is 0.266 e. The predicted octanol–water partition coefficient (Wildman–Crippen LogP) is -2.43. The fourth-order valence-corrected chi connectivity index (χ4v) is 1.88. The highest BCUT2D eigenvalue weighted by molar-refractivity contribution is 7.85. The minimum absolute atomic E-state index is 0.546. The van der Waals surface area contributed by atoms with Crippen LogP contribution in [0.1, 0.15) is 6.92 Å². The van der Waals surface area contributed by atoms with Gasteiger partial charge in [-0.1, -0.05) is 0 Å². The maximum atomic E-state index is 10.5. The first kappa shape index (κ1) is 14.8. The van der Waals surface area contributed by atoms with E-state index in [-0.39, 0.29) is 0 Å². The van der Waals surface area contributed by atoms with Gasteiger partial charge in [0.1, 0.15) is 0 Å². The van der Waals surface area contributed by atoms with Gasteiger partial charge in [0.2, 0.25) is 0 Å². The Bertz CT molecular complexity index is 265. The summed E-state index contributed by atoms with van der Waals surface area (Å²) in [6, 6.07) is -0.702. The second-order valence-electron chi connectivity index (χ2n) is 3.55. The topological polar surface area (TPSA) is 127 Å². The van der Waals surface area contributed by atoms with Gasteiger partial charge in [-0.05, 0) is 6.92 Å². The number of hydrogen-bond acceptors (Lipinski definition) is 6. The van der Waals surface area contributed by atoms with E-state index in [0.717, 1.165) is 0 Å². The zero-order valence-corrected chi connectivity index (χ0v) is 9.24. The summed E-state index contributed by atoms with van der Waals surface area (Å²) in [6.45, 7) is -0.190. The molecule has 5 N–H and O–H groups in total. The van der Waals surface area contributed by atoms with Crippen molar-refractivity contribution in [2.45, 2.75) is 18.5 Å². The van der Waals surface area contributed by atoms with E-state index in [1.807, 2.05) is 0 Å². The molecule has 0 spiro atoms. The summed E-state index contributed by atoms with van der Waals surface area (Å²) in [5, 5.41) is 29.3. The third-order valence-corrected chi connectivity index (χ3v) is 2.84. The number of nitrogens with one attached hydrogen (secondary N) is 1. The number of aliphatic hydroxyl groups is 3. The van der Waals surface area contributed by atoms with Gasteiger partial charge in [0.05, 0.1) is 31.1 Å². The fourth-order valence-electron chi connectivity index (χ4n) is 1.17. The van der Waals surface area contributed by atoms with E-state index in [9.17, 15) is 8.42 Å². The number of aliphatic hydroxyl groups excluding tert-OH is 3. The van der Waals surface area contributed by atoms with Crippen LogP contribution < -0.4 is 5.32 Å². The van der Waals surface area contributed by atoms with Crippen molar-refractivity contribution in [3.8, 4) is 0 Å². The summed E-state index contributed by atoms with van der Waals surface area (Å²) in [7, 11) is -4.13. The molecule has 0 aliphatic carbocycles. The van der Waals surface area contributed by atoms with E-state index in [4.69, 9.17) is 19.9 Å². The van der Waals surface area contributed by atoms with Crippen LogP contribution in [0.25, 0.3) is 0 Å². The van der Waals surface area contributed by atoms with Gasteiger partial charge in [-0.3, -0.25) is 4.55 Å². The third-order valence-electron chi connectivity index (χ3n) is 1.92. The molecule has 0 aromatic carbocycles. The molecule has 92 valence electrons. The van der Waals surface area contributed by atoms with Crippen LogP contribution in [0, 0.1) is 0 Å². The van der Waals surface area contributed by atoms with E-state index in [1.54, 1.807) is 0 Å². The SMILES string of the molecule is C[C@H](CS(=O)(=O)O)NC(CO)(CO)CO. The highest BCUT2D eigenvalue weighted by Crippen LogP contribution is 2.04. The van der Waals surface area contributed by atoms with Gasteiger partial charge in [0.25, 0.3) is 10.1 Å². The van der Waals surface area contributed by atoms with Crippen LogP contribution in [-0.4, -0.2) is 65.4 Å². The van der Waals surface area contributed by atoms with Crippen molar-refractivity contribution in [2.75, 3.05) is 25.6 Å². The van der Waals surface area contributed by atoms with Crippen molar-refractivity contribution in [2.24, 2.45) is 0 Å². The molecule has 15 heavy (non-hydrogen) atoms. The van der Waals surface area contributed by atoms with Crippen LogP contribution in [-0.2, 0) is 10.1 Å². The second-order valence-corrected chi connectivity index (χ2v) is 5.05. The molecule has 0 radical (unpaired) electrons. The highest BCUT2D eigenvalue weighted by Gasteiger charge is 2.30. The van der Waals surface area contributed by atoms with Crippen LogP contribution in [0.5, 0.6) is 0 Å². The lowest BCUT2D eigenvalue weighted by Crippen LogP contribution is -2.58. The smallest absolute Gasteiger partial charge is 0.266 e. The van der Waals surface area contributed by atoms with Gasteiger partial charge in [0, 0.05) is 6.04 Å². The van der Waals surface area contributed by atoms with Crippen molar-refractivity contribution in [3.05, 3.63) is 0 Å². The van der Waals surface area contributed by atoms with E-state index in [0.29, 0.717) is 0 Å². The Labute approximate surface area is 88.5 Å². The number of rotatable bonds is 7. The molecule has 0 amide bonds. The Morgan fingerprint density at radius 3 is 1.87 bits per heavy atom. The van der Waals surface area contributed by atoms with Gasteiger partial charge in [-0.25, -0.2) is 0 Å². The van der Waals surface area contributed by atoms with E-state index in [2.05, 4.69) is 5.32 Å². The minimum Gasteiger partial charge on any atom is -0.394 e. The Hall–Kier alpha value is -0.250. The van der Waals surface area contributed by atoms with E-state index >= 15 is 0 Å². The summed E-state index contributed by atoms with van der Waals surface area (Å²) in [6.07, 6.45) is 0. The first-order valence-corrected chi connectivity index (χ1v) is 5.95. The Morgan fingerprint density at radius 2 is 1.60 bits per heavy atom. The van der Waals surface area contributed by atoms with Gasteiger partial charge >= 0.3 is 0 Å². The molecule has 0 aromatic heterocycles. The Kier molecular flexibility index (Phi) is 5.63. The lowest BCUT2D eigenvalue weighted by molar-refractivity contribution is 0.0371. The van der Waals surface area contributed by atoms with Crippen LogP contribution >= 0.6 is 0 Å². The first-order chi connectivity index (χ1) is 6.78. The third kappa shape index (κ3) is 5.40. The van der Waals surface area contributed by atoms with Crippen LogP contribution in [0.4, 0.5) is 0 Å². The second kappa shape index (κ2) is 5.73. The van der Waals surface area contributed by atoms with Crippen molar-refractivity contribution in [1.82, 2.24) is 5.32 Å². The molecule has 0 fully saturated rings. The molecule has 7 nitrogen and oxygen atoms in total. The largest absolute Gasteiger partial charge is 0.394 e. The maximum absolute atomic E-state index is 10.5. The van der Waals surface area contributed by atoms with Crippen LogP contribution in [0.2, 0.25) is 0 Å². The summed E-state index contributed by atoms with van der Waals surface area (Å²) in [5.41, 5.74) is -1.34. The molecule has 0 aliphatic heterocycles. The summed E-state index contributed by atoms with van der Waals surface area (Å²) in [4.78, 5) is 0. The molecule has 0 unspecified atom stereocenters. The molecule has 0 aliphatic rings. The first-order valence-electron chi connectivity index (χ1n) is 4.34. The fraction of sp³-hybridized carbons (Fsp3) is 1.00. The highest BCUT2D eigenvalue weighted by atomic mass is 32.2. The average Bonchev–Trinajstić information content (AvgIpc) is 2.11. The van der Waals surface area contributed by atoms with Crippen molar-refractivity contribution >= 4 is 10.1 Å². The Balaban J connectivity index is 4.42. The molecular formula is C7H17NO6S. The molecule has 8 heteroatoms. The van der Waals surface area contributed by atoms with E-state index in [1.165, 1.54) is 6.92 Å². The zero-order chi connectivity index (χ0) is 12.1. The van der Waals surface area contributed by atoms with Gasteiger partial charge < -0.3 is 20.6 Å². The van der Waals surface area contributed by atoms with E-state index < -0.39 is 47.3 Å². The molecule has 0 bridgehead atoms. The Morgan fingerprint density at radius 1 is 1.20 bits per heavy atom. The molecule has 0 rings (SSSR count). The lowest BCUT2D eigenvalue weighted by atomic mass is 10.0. The molecular weight excluding hydrogens is 226 g/mol. The molecule has 0 saturated carbocycles. The zero-order valence-electron chi connectivity index (χ0n) is 8.42. The number of hydrogen-bond donors (Lipinski definition) is 5. The summed E-state index contributed by atoms with van der Waals surface area (Å²) in [5.74, 6) is -0.561. The normalized spacial score (nSPS) is 15.3. The van der Waals surface area contributed by atoms with Crippen molar-refractivity contribution in [1.29, 1.82) is 0 Å². The predicted molar refractivity (Wildman–Crippen MR) is 53.0 cm³/mol. The molecule has 0 heterocycles. The van der Waals surface area contributed by atoms with Gasteiger partial charge in [-0.2, -0.15) is 8.42 Å².